The fourth-order valence-electron chi connectivity index (χ4n) is 2.72. The number of hydrogen-bond acceptors (Lipinski definition) is 2. The normalized spacial score (nSPS) is 12.8. The zero-order valence-electron chi connectivity index (χ0n) is 11.5. The van der Waals surface area contributed by atoms with Gasteiger partial charge in [0.15, 0.2) is 0 Å². The van der Waals surface area contributed by atoms with Gasteiger partial charge in [-0.3, -0.25) is 0 Å². The Kier molecular flexibility index (Phi) is 2.76. The summed E-state index contributed by atoms with van der Waals surface area (Å²) in [5.74, 6) is 0.798. The maximum absolute atomic E-state index is 6.38. The Morgan fingerprint density at radius 2 is 1.43 bits per heavy atom. The van der Waals surface area contributed by atoms with Gasteiger partial charge in [0.05, 0.1) is 6.04 Å². The zero-order valence-corrected chi connectivity index (χ0v) is 11.5. The molecular weight excluding hydrogens is 258 g/mol. The van der Waals surface area contributed by atoms with Crippen LogP contribution in [0.5, 0.6) is 0 Å². The van der Waals surface area contributed by atoms with Gasteiger partial charge in [-0.2, -0.15) is 0 Å². The first kappa shape index (κ1) is 12.2. The summed E-state index contributed by atoms with van der Waals surface area (Å²) >= 11 is 0. The number of fused-ring (bicyclic) bond motifs is 2. The van der Waals surface area contributed by atoms with E-state index < -0.39 is 0 Å². The highest BCUT2D eigenvalue weighted by Gasteiger charge is 2.14. The second-order valence-corrected chi connectivity index (χ2v) is 5.27. The van der Waals surface area contributed by atoms with Crippen molar-refractivity contribution in [2.24, 2.45) is 5.73 Å². The van der Waals surface area contributed by atoms with Crippen LogP contribution in [0, 0.1) is 0 Å². The van der Waals surface area contributed by atoms with E-state index in [-0.39, 0.29) is 6.04 Å². The molecule has 0 spiro atoms. The summed E-state index contributed by atoms with van der Waals surface area (Å²) in [6, 6.07) is 24.3. The largest absolute Gasteiger partial charge is 0.459 e. The van der Waals surface area contributed by atoms with Gasteiger partial charge in [-0.25, -0.2) is 0 Å². The van der Waals surface area contributed by atoms with Crippen LogP contribution in [0.3, 0.4) is 0 Å². The van der Waals surface area contributed by atoms with Crippen LogP contribution in [0.4, 0.5) is 0 Å². The molecule has 2 N–H and O–H groups in total. The SMILES string of the molecule is NC(c1ccc2ccccc2c1)c1cc2ccccc2o1. The van der Waals surface area contributed by atoms with Gasteiger partial charge in [0.25, 0.3) is 0 Å². The van der Waals surface area contributed by atoms with Crippen LogP contribution in [0.2, 0.25) is 0 Å². The lowest BCUT2D eigenvalue weighted by Crippen LogP contribution is -2.10. The molecule has 0 bridgehead atoms. The van der Waals surface area contributed by atoms with Gasteiger partial charge >= 0.3 is 0 Å². The van der Waals surface area contributed by atoms with Crippen molar-refractivity contribution in [1.82, 2.24) is 0 Å². The lowest BCUT2D eigenvalue weighted by Gasteiger charge is -2.10. The van der Waals surface area contributed by atoms with Crippen LogP contribution in [0.15, 0.2) is 77.2 Å². The van der Waals surface area contributed by atoms with Gasteiger partial charge in [0.2, 0.25) is 0 Å². The first-order chi connectivity index (χ1) is 10.3. The van der Waals surface area contributed by atoms with E-state index in [2.05, 4.69) is 30.3 Å². The summed E-state index contributed by atoms with van der Waals surface area (Å²) in [5, 5.41) is 3.50. The molecule has 1 heterocycles. The molecule has 102 valence electrons. The maximum Gasteiger partial charge on any atom is 0.134 e. The van der Waals surface area contributed by atoms with Gasteiger partial charge < -0.3 is 10.2 Å². The number of hydrogen-bond donors (Lipinski definition) is 1. The van der Waals surface area contributed by atoms with E-state index in [0.29, 0.717) is 0 Å². The second kappa shape index (κ2) is 4.76. The lowest BCUT2D eigenvalue weighted by molar-refractivity contribution is 0.525. The van der Waals surface area contributed by atoms with Crippen molar-refractivity contribution in [3.8, 4) is 0 Å². The summed E-state index contributed by atoms with van der Waals surface area (Å²) < 4.78 is 5.87. The molecule has 0 saturated heterocycles. The smallest absolute Gasteiger partial charge is 0.134 e. The topological polar surface area (TPSA) is 39.2 Å². The van der Waals surface area contributed by atoms with Crippen molar-refractivity contribution in [1.29, 1.82) is 0 Å². The Balaban J connectivity index is 1.79. The molecule has 1 aromatic heterocycles. The molecule has 1 unspecified atom stereocenters. The van der Waals surface area contributed by atoms with Crippen LogP contribution < -0.4 is 5.73 Å². The zero-order chi connectivity index (χ0) is 14.2. The highest BCUT2D eigenvalue weighted by molar-refractivity contribution is 5.83. The lowest BCUT2D eigenvalue weighted by atomic mass is 10.0. The van der Waals surface area contributed by atoms with Crippen molar-refractivity contribution in [3.63, 3.8) is 0 Å². The first-order valence-electron chi connectivity index (χ1n) is 7.04. The fraction of sp³-hybridized carbons (Fsp3) is 0.0526. The summed E-state index contributed by atoms with van der Waals surface area (Å²) in [6.07, 6.45) is 0. The van der Waals surface area contributed by atoms with E-state index in [1.165, 1.54) is 10.8 Å². The Bertz CT molecular complexity index is 890. The third-order valence-electron chi connectivity index (χ3n) is 3.88. The maximum atomic E-state index is 6.38. The average molecular weight is 273 g/mol. The summed E-state index contributed by atoms with van der Waals surface area (Å²) in [6.45, 7) is 0. The summed E-state index contributed by atoms with van der Waals surface area (Å²) in [4.78, 5) is 0. The molecule has 2 heteroatoms. The number of para-hydroxylation sites is 1. The van der Waals surface area contributed by atoms with Gasteiger partial charge in [-0.1, -0.05) is 54.6 Å². The molecule has 0 aliphatic carbocycles. The van der Waals surface area contributed by atoms with Crippen molar-refractivity contribution in [2.45, 2.75) is 6.04 Å². The Morgan fingerprint density at radius 1 is 0.714 bits per heavy atom. The molecule has 2 nitrogen and oxygen atoms in total. The summed E-state index contributed by atoms with van der Waals surface area (Å²) in [5.41, 5.74) is 8.32. The van der Waals surface area contributed by atoms with E-state index in [0.717, 1.165) is 22.3 Å². The average Bonchev–Trinajstić information content (AvgIpc) is 2.97. The van der Waals surface area contributed by atoms with Gasteiger partial charge in [-0.05, 0) is 34.5 Å². The molecule has 4 rings (SSSR count). The third kappa shape index (κ3) is 2.10. The third-order valence-corrected chi connectivity index (χ3v) is 3.88. The molecule has 0 amide bonds. The number of furan rings is 1. The van der Waals surface area contributed by atoms with E-state index >= 15 is 0 Å². The molecule has 0 aliphatic rings. The predicted molar refractivity (Wildman–Crippen MR) is 86.2 cm³/mol. The number of rotatable bonds is 2. The highest BCUT2D eigenvalue weighted by Crippen LogP contribution is 2.28. The molecule has 3 aromatic carbocycles. The van der Waals surface area contributed by atoms with E-state index in [9.17, 15) is 0 Å². The minimum atomic E-state index is -0.248. The van der Waals surface area contributed by atoms with Crippen LogP contribution >= 0.6 is 0 Å². The van der Waals surface area contributed by atoms with Crippen LogP contribution in [0.1, 0.15) is 17.4 Å². The molecule has 0 aliphatic heterocycles. The molecule has 4 aromatic rings. The van der Waals surface area contributed by atoms with Crippen molar-refractivity contribution < 1.29 is 4.42 Å². The molecule has 21 heavy (non-hydrogen) atoms. The van der Waals surface area contributed by atoms with Crippen LogP contribution in [-0.2, 0) is 0 Å². The second-order valence-electron chi connectivity index (χ2n) is 5.27. The van der Waals surface area contributed by atoms with E-state index in [4.69, 9.17) is 10.2 Å². The van der Waals surface area contributed by atoms with Gasteiger partial charge in [-0.15, -0.1) is 0 Å². The van der Waals surface area contributed by atoms with Crippen molar-refractivity contribution in [3.05, 3.63) is 84.1 Å². The Labute approximate surface area is 122 Å². The van der Waals surface area contributed by atoms with Crippen LogP contribution in [-0.4, -0.2) is 0 Å². The first-order valence-corrected chi connectivity index (χ1v) is 7.04. The van der Waals surface area contributed by atoms with Gasteiger partial charge in [0.1, 0.15) is 11.3 Å². The fourth-order valence-corrected chi connectivity index (χ4v) is 2.72. The quantitative estimate of drug-likeness (QED) is 0.578. The minimum Gasteiger partial charge on any atom is -0.459 e. The number of nitrogens with two attached hydrogens (primary N) is 1. The molecule has 1 atom stereocenters. The molecule has 0 radical (unpaired) electrons. The predicted octanol–water partition coefficient (Wildman–Crippen LogP) is 4.63. The summed E-state index contributed by atoms with van der Waals surface area (Å²) in [7, 11) is 0. The van der Waals surface area contributed by atoms with E-state index in [1.807, 2.05) is 42.5 Å². The number of benzene rings is 3. The van der Waals surface area contributed by atoms with E-state index in [1.54, 1.807) is 0 Å². The monoisotopic (exact) mass is 273 g/mol. The molecule has 0 saturated carbocycles. The van der Waals surface area contributed by atoms with Crippen molar-refractivity contribution in [2.75, 3.05) is 0 Å². The van der Waals surface area contributed by atoms with Crippen LogP contribution in [0.25, 0.3) is 21.7 Å². The molecule has 0 fully saturated rings. The Morgan fingerprint density at radius 3 is 2.24 bits per heavy atom. The van der Waals surface area contributed by atoms with Gasteiger partial charge in [0, 0.05) is 5.39 Å². The standard InChI is InChI=1S/C19H15NO/c20-19(18-12-15-7-3-4-8-17(15)21-18)16-10-9-13-5-1-2-6-14(13)11-16/h1-12,19H,20H2. The Hall–Kier alpha value is -2.58. The molecular formula is C19H15NO. The highest BCUT2D eigenvalue weighted by atomic mass is 16.3. The minimum absolute atomic E-state index is 0.248. The van der Waals surface area contributed by atoms with Crippen molar-refractivity contribution >= 4 is 21.7 Å².